The predicted octanol–water partition coefficient (Wildman–Crippen LogP) is 2.64. The van der Waals surface area contributed by atoms with Crippen LogP contribution in [0.15, 0.2) is 36.9 Å². The number of benzene rings is 1. The van der Waals surface area contributed by atoms with E-state index in [0.29, 0.717) is 32.7 Å². The summed E-state index contributed by atoms with van der Waals surface area (Å²) in [4.78, 5) is 29.1. The van der Waals surface area contributed by atoms with Crippen molar-refractivity contribution >= 4 is 11.8 Å². The first kappa shape index (κ1) is 17.5. The molecule has 0 radical (unpaired) electrons. The van der Waals surface area contributed by atoms with E-state index in [1.807, 2.05) is 47.9 Å². The Morgan fingerprint density at radius 1 is 1.40 bits per heavy atom. The van der Waals surface area contributed by atoms with Crippen LogP contribution >= 0.6 is 0 Å². The number of carbonyl (C=O) groups excluding carboxylic acids is 2. The van der Waals surface area contributed by atoms with Gasteiger partial charge in [-0.25, -0.2) is 0 Å². The Kier molecular flexibility index (Phi) is 5.11. The fourth-order valence-corrected chi connectivity index (χ4v) is 3.78. The van der Waals surface area contributed by atoms with Crippen molar-refractivity contribution in [2.45, 2.75) is 26.3 Å². The van der Waals surface area contributed by atoms with E-state index in [4.69, 9.17) is 4.74 Å². The Morgan fingerprint density at radius 3 is 2.88 bits per heavy atom. The molecular formula is C20H26N2O3. The Balaban J connectivity index is 2.01. The van der Waals surface area contributed by atoms with Gasteiger partial charge in [0.1, 0.15) is 5.75 Å². The van der Waals surface area contributed by atoms with Crippen LogP contribution in [0.2, 0.25) is 0 Å². The Morgan fingerprint density at radius 2 is 2.16 bits per heavy atom. The summed E-state index contributed by atoms with van der Waals surface area (Å²) < 4.78 is 5.94. The standard InChI is InChI=1S/C20H26N2O3/c1-4-10-21-12-15-13-25-17-8-6-5-7-16(17)19(15)22(11-9-18(21)23)20(24)14(2)3/h4-8,14-15,19H,1,9-13H2,2-3H3/t15-,19-/m0/s1. The van der Waals surface area contributed by atoms with Crippen molar-refractivity contribution in [2.24, 2.45) is 11.8 Å². The average Bonchev–Trinajstić information content (AvgIpc) is 2.60. The van der Waals surface area contributed by atoms with Gasteiger partial charge in [0.2, 0.25) is 11.8 Å². The third-order valence-corrected chi connectivity index (χ3v) is 4.97. The monoisotopic (exact) mass is 342 g/mol. The SMILES string of the molecule is C=CCN1C[C@H]2COc3ccccc3[C@H]2N(C(=O)C(C)C)CCC1=O. The second-order valence-corrected chi connectivity index (χ2v) is 7.08. The third kappa shape index (κ3) is 3.41. The molecule has 0 aromatic heterocycles. The second kappa shape index (κ2) is 7.30. The maximum absolute atomic E-state index is 12.9. The molecule has 1 saturated heterocycles. The third-order valence-electron chi connectivity index (χ3n) is 4.97. The molecule has 2 amide bonds. The first-order valence-corrected chi connectivity index (χ1v) is 8.93. The van der Waals surface area contributed by atoms with Crippen LogP contribution in [0.1, 0.15) is 31.9 Å². The number of rotatable bonds is 3. The summed E-state index contributed by atoms with van der Waals surface area (Å²) in [6.45, 7) is 9.63. The van der Waals surface area contributed by atoms with Crippen LogP contribution in [0.25, 0.3) is 0 Å². The Labute approximate surface area is 149 Å². The molecule has 2 aliphatic rings. The minimum atomic E-state index is -0.102. The molecule has 2 atom stereocenters. The molecule has 25 heavy (non-hydrogen) atoms. The molecule has 134 valence electrons. The van der Waals surface area contributed by atoms with Crippen LogP contribution in [-0.2, 0) is 9.59 Å². The fraction of sp³-hybridized carbons (Fsp3) is 0.500. The van der Waals surface area contributed by atoms with E-state index in [0.717, 1.165) is 11.3 Å². The highest BCUT2D eigenvalue weighted by molar-refractivity contribution is 5.81. The summed E-state index contributed by atoms with van der Waals surface area (Å²) in [7, 11) is 0. The first-order valence-electron chi connectivity index (χ1n) is 8.93. The summed E-state index contributed by atoms with van der Waals surface area (Å²) >= 11 is 0. The Hall–Kier alpha value is -2.30. The topological polar surface area (TPSA) is 49.9 Å². The zero-order valence-electron chi connectivity index (χ0n) is 15.0. The van der Waals surface area contributed by atoms with Crippen LogP contribution in [0.3, 0.4) is 0 Å². The van der Waals surface area contributed by atoms with Gasteiger partial charge in [0.05, 0.1) is 12.6 Å². The highest BCUT2D eigenvalue weighted by atomic mass is 16.5. The average molecular weight is 342 g/mol. The van der Waals surface area contributed by atoms with Crippen molar-refractivity contribution in [2.75, 3.05) is 26.2 Å². The largest absolute Gasteiger partial charge is 0.493 e. The number of para-hydroxylation sites is 1. The summed E-state index contributed by atoms with van der Waals surface area (Å²) in [6, 6.07) is 7.86. The summed E-state index contributed by atoms with van der Waals surface area (Å²) in [5, 5.41) is 0. The van der Waals surface area contributed by atoms with E-state index >= 15 is 0 Å². The second-order valence-electron chi connectivity index (χ2n) is 7.08. The van der Waals surface area contributed by atoms with Gasteiger partial charge >= 0.3 is 0 Å². The van der Waals surface area contributed by atoms with Crippen molar-refractivity contribution < 1.29 is 14.3 Å². The highest BCUT2D eigenvalue weighted by Crippen LogP contribution is 2.41. The highest BCUT2D eigenvalue weighted by Gasteiger charge is 2.40. The zero-order valence-corrected chi connectivity index (χ0v) is 15.0. The van der Waals surface area contributed by atoms with Crippen LogP contribution in [0.4, 0.5) is 0 Å². The van der Waals surface area contributed by atoms with Gasteiger partial charge in [-0.2, -0.15) is 0 Å². The molecule has 3 rings (SSSR count). The van der Waals surface area contributed by atoms with Crippen molar-refractivity contribution in [3.05, 3.63) is 42.5 Å². The Bertz CT molecular complexity index is 671. The molecule has 5 heteroatoms. The molecule has 0 bridgehead atoms. The van der Waals surface area contributed by atoms with Gasteiger partial charge in [-0.05, 0) is 6.07 Å². The van der Waals surface area contributed by atoms with Crippen molar-refractivity contribution in [1.29, 1.82) is 0 Å². The summed E-state index contributed by atoms with van der Waals surface area (Å²) in [6.07, 6.45) is 2.10. The van der Waals surface area contributed by atoms with Crippen LogP contribution in [-0.4, -0.2) is 47.9 Å². The lowest BCUT2D eigenvalue weighted by Gasteiger charge is -2.45. The number of ether oxygens (including phenoxy) is 1. The van der Waals surface area contributed by atoms with Gasteiger partial charge in [0.15, 0.2) is 0 Å². The quantitative estimate of drug-likeness (QED) is 0.794. The molecule has 0 aliphatic carbocycles. The number of amides is 2. The van der Waals surface area contributed by atoms with E-state index in [9.17, 15) is 9.59 Å². The van der Waals surface area contributed by atoms with Gasteiger partial charge in [-0.1, -0.05) is 38.1 Å². The van der Waals surface area contributed by atoms with Crippen LogP contribution in [0.5, 0.6) is 5.75 Å². The minimum Gasteiger partial charge on any atom is -0.493 e. The number of nitrogens with zero attached hydrogens (tertiary/aromatic N) is 2. The lowest BCUT2D eigenvalue weighted by molar-refractivity contribution is -0.144. The maximum atomic E-state index is 12.9. The number of hydrogen-bond acceptors (Lipinski definition) is 3. The molecule has 0 unspecified atom stereocenters. The van der Waals surface area contributed by atoms with Crippen molar-refractivity contribution in [3.63, 3.8) is 0 Å². The molecule has 5 nitrogen and oxygen atoms in total. The molecular weight excluding hydrogens is 316 g/mol. The van der Waals surface area contributed by atoms with Gasteiger partial charge in [0.25, 0.3) is 0 Å². The molecule has 0 spiro atoms. The predicted molar refractivity (Wildman–Crippen MR) is 96.1 cm³/mol. The van der Waals surface area contributed by atoms with Crippen molar-refractivity contribution in [3.8, 4) is 5.75 Å². The van der Waals surface area contributed by atoms with Crippen LogP contribution < -0.4 is 4.74 Å². The smallest absolute Gasteiger partial charge is 0.225 e. The van der Waals surface area contributed by atoms with Gasteiger partial charge in [-0.15, -0.1) is 6.58 Å². The minimum absolute atomic E-state index is 0.0553. The lowest BCUT2D eigenvalue weighted by Crippen LogP contribution is -2.51. The summed E-state index contributed by atoms with van der Waals surface area (Å²) in [5.74, 6) is 0.958. The van der Waals surface area contributed by atoms with E-state index in [1.54, 1.807) is 6.08 Å². The molecule has 1 aromatic rings. The number of hydrogen-bond donors (Lipinski definition) is 0. The molecule has 2 heterocycles. The van der Waals surface area contributed by atoms with E-state index in [-0.39, 0.29) is 29.7 Å². The van der Waals surface area contributed by atoms with Gasteiger partial charge < -0.3 is 14.5 Å². The lowest BCUT2D eigenvalue weighted by atomic mass is 9.87. The van der Waals surface area contributed by atoms with E-state index < -0.39 is 0 Å². The molecule has 0 saturated carbocycles. The van der Waals surface area contributed by atoms with Crippen molar-refractivity contribution in [1.82, 2.24) is 9.80 Å². The summed E-state index contributed by atoms with van der Waals surface area (Å²) in [5.41, 5.74) is 1.04. The molecule has 2 aliphatic heterocycles. The van der Waals surface area contributed by atoms with E-state index in [1.165, 1.54) is 0 Å². The van der Waals surface area contributed by atoms with Gasteiger partial charge in [-0.3, -0.25) is 9.59 Å². The number of fused-ring (bicyclic) bond motifs is 3. The molecule has 1 fully saturated rings. The molecule has 1 aromatic carbocycles. The van der Waals surface area contributed by atoms with Gasteiger partial charge in [0, 0.05) is 43.5 Å². The zero-order chi connectivity index (χ0) is 18.0. The number of carbonyl (C=O) groups is 2. The fourth-order valence-electron chi connectivity index (χ4n) is 3.78. The van der Waals surface area contributed by atoms with Crippen LogP contribution in [0, 0.1) is 11.8 Å². The molecule has 0 N–H and O–H groups in total. The maximum Gasteiger partial charge on any atom is 0.225 e. The normalized spacial score (nSPS) is 23.2. The first-order chi connectivity index (χ1) is 12.0. The van der Waals surface area contributed by atoms with E-state index in [2.05, 4.69) is 6.58 Å².